The number of aryl methyl sites for hydroxylation is 1. The van der Waals surface area contributed by atoms with Gasteiger partial charge in [-0.1, -0.05) is 0 Å². The molecule has 114 valence electrons. The second-order valence-electron chi connectivity index (χ2n) is 6.23. The fraction of sp³-hybridized carbons (Fsp3) is 0.438. The highest BCUT2D eigenvalue weighted by Gasteiger charge is 2.38. The van der Waals surface area contributed by atoms with E-state index in [9.17, 15) is 4.79 Å². The van der Waals surface area contributed by atoms with Crippen molar-refractivity contribution >= 4 is 5.91 Å². The molecule has 2 saturated heterocycles. The van der Waals surface area contributed by atoms with Gasteiger partial charge in [-0.15, -0.1) is 0 Å². The van der Waals surface area contributed by atoms with Crippen LogP contribution in [-0.2, 0) is 0 Å². The molecule has 1 aromatic carbocycles. The number of carbonyl (C=O) groups is 1. The Morgan fingerprint density at radius 2 is 2.05 bits per heavy atom. The number of benzene rings is 1. The molecule has 22 heavy (non-hydrogen) atoms. The first kappa shape index (κ1) is 13.5. The Kier molecular flexibility index (Phi) is 3.18. The van der Waals surface area contributed by atoms with E-state index in [2.05, 4.69) is 15.4 Å². The fourth-order valence-electron chi connectivity index (χ4n) is 3.56. The molecule has 0 spiro atoms. The van der Waals surface area contributed by atoms with E-state index in [1.165, 1.54) is 6.33 Å². The average molecular weight is 297 g/mol. The normalized spacial score (nSPS) is 23.8. The van der Waals surface area contributed by atoms with E-state index in [1.807, 2.05) is 30.0 Å². The monoisotopic (exact) mass is 297 g/mol. The van der Waals surface area contributed by atoms with Crippen LogP contribution in [-0.4, -0.2) is 51.8 Å². The van der Waals surface area contributed by atoms with E-state index in [0.29, 0.717) is 11.8 Å². The van der Waals surface area contributed by atoms with Crippen LogP contribution in [0.15, 0.2) is 30.9 Å². The largest absolute Gasteiger partial charge is 0.338 e. The second kappa shape index (κ2) is 5.21. The summed E-state index contributed by atoms with van der Waals surface area (Å²) in [5.74, 6) is 1.40. The van der Waals surface area contributed by atoms with Gasteiger partial charge in [-0.3, -0.25) is 4.79 Å². The highest BCUT2D eigenvalue weighted by atomic mass is 16.2. The highest BCUT2D eigenvalue weighted by Crippen LogP contribution is 2.28. The smallest absolute Gasteiger partial charge is 0.254 e. The van der Waals surface area contributed by atoms with E-state index < -0.39 is 0 Å². The molecule has 2 atom stereocenters. The maximum Gasteiger partial charge on any atom is 0.254 e. The first-order chi connectivity index (χ1) is 10.7. The lowest BCUT2D eigenvalue weighted by molar-refractivity contribution is 0.0781. The third-order valence-electron chi connectivity index (χ3n) is 4.80. The Morgan fingerprint density at radius 3 is 2.68 bits per heavy atom. The van der Waals surface area contributed by atoms with Gasteiger partial charge in [0.15, 0.2) is 0 Å². The summed E-state index contributed by atoms with van der Waals surface area (Å²) in [5, 5.41) is 7.53. The fourth-order valence-corrected chi connectivity index (χ4v) is 3.56. The van der Waals surface area contributed by atoms with Crippen LogP contribution in [0.1, 0.15) is 15.9 Å². The van der Waals surface area contributed by atoms with E-state index in [-0.39, 0.29) is 5.91 Å². The number of hydrogen-bond acceptors (Lipinski definition) is 4. The van der Waals surface area contributed by atoms with Crippen molar-refractivity contribution < 1.29 is 4.79 Å². The van der Waals surface area contributed by atoms with Crippen LogP contribution in [0.3, 0.4) is 0 Å². The predicted octanol–water partition coefficient (Wildman–Crippen LogP) is 0.867. The van der Waals surface area contributed by atoms with Gasteiger partial charge in [-0.25, -0.2) is 9.67 Å². The average Bonchev–Trinajstić information content (AvgIpc) is 3.22. The maximum absolute atomic E-state index is 12.8. The number of hydrogen-bond donors (Lipinski definition) is 1. The first-order valence-corrected chi connectivity index (χ1v) is 7.68. The van der Waals surface area contributed by atoms with Gasteiger partial charge in [-0.05, 0) is 42.5 Å². The molecule has 0 unspecified atom stereocenters. The van der Waals surface area contributed by atoms with Crippen molar-refractivity contribution in [2.45, 2.75) is 6.92 Å². The standard InChI is InChI=1S/C16H19N5O/c1-11-4-14(21-10-18-9-19-21)2-3-15(11)16(22)20-7-12-5-17-6-13(12)8-20/h2-4,9-10,12-13,17H,5-8H2,1H3/t12-,13+. The van der Waals surface area contributed by atoms with Crippen LogP contribution >= 0.6 is 0 Å². The minimum absolute atomic E-state index is 0.150. The molecule has 0 radical (unpaired) electrons. The highest BCUT2D eigenvalue weighted by molar-refractivity contribution is 5.96. The Labute approximate surface area is 129 Å². The summed E-state index contributed by atoms with van der Waals surface area (Å²) >= 11 is 0. The molecule has 0 bridgehead atoms. The van der Waals surface area contributed by atoms with Crippen LogP contribution in [0.5, 0.6) is 0 Å². The molecule has 1 aromatic heterocycles. The lowest BCUT2D eigenvalue weighted by Gasteiger charge is -2.19. The van der Waals surface area contributed by atoms with Crippen molar-refractivity contribution in [3.05, 3.63) is 42.0 Å². The zero-order valence-electron chi connectivity index (χ0n) is 12.6. The Balaban J connectivity index is 1.56. The number of fused-ring (bicyclic) bond motifs is 1. The SMILES string of the molecule is Cc1cc(-n2cncn2)ccc1C(=O)N1C[C@H]2CNC[C@H]2C1. The minimum atomic E-state index is 0.150. The molecule has 6 heteroatoms. The lowest BCUT2D eigenvalue weighted by Crippen LogP contribution is -2.32. The van der Waals surface area contributed by atoms with Gasteiger partial charge in [0.2, 0.25) is 0 Å². The van der Waals surface area contributed by atoms with Gasteiger partial charge in [0.05, 0.1) is 5.69 Å². The number of amides is 1. The molecule has 2 fully saturated rings. The summed E-state index contributed by atoms with van der Waals surface area (Å²) < 4.78 is 1.70. The van der Waals surface area contributed by atoms with Gasteiger partial charge in [0.25, 0.3) is 5.91 Å². The molecule has 0 aliphatic carbocycles. The topological polar surface area (TPSA) is 63.1 Å². The molecular weight excluding hydrogens is 278 g/mol. The Bertz CT molecular complexity index is 685. The van der Waals surface area contributed by atoms with Gasteiger partial charge < -0.3 is 10.2 Å². The van der Waals surface area contributed by atoms with Crippen LogP contribution in [0.2, 0.25) is 0 Å². The number of carbonyl (C=O) groups excluding carboxylic acids is 1. The van der Waals surface area contributed by atoms with Crippen molar-refractivity contribution in [2.24, 2.45) is 11.8 Å². The third-order valence-corrected chi connectivity index (χ3v) is 4.80. The maximum atomic E-state index is 12.8. The zero-order valence-corrected chi connectivity index (χ0v) is 12.6. The zero-order chi connectivity index (χ0) is 15.1. The van der Waals surface area contributed by atoms with E-state index >= 15 is 0 Å². The van der Waals surface area contributed by atoms with Crippen LogP contribution < -0.4 is 5.32 Å². The Morgan fingerprint density at radius 1 is 1.27 bits per heavy atom. The van der Waals surface area contributed by atoms with Crippen molar-refractivity contribution in [3.8, 4) is 5.69 Å². The molecular formula is C16H19N5O. The predicted molar refractivity (Wildman–Crippen MR) is 81.8 cm³/mol. The van der Waals surface area contributed by atoms with Crippen LogP contribution in [0, 0.1) is 18.8 Å². The van der Waals surface area contributed by atoms with Gasteiger partial charge >= 0.3 is 0 Å². The molecule has 1 amide bonds. The second-order valence-corrected chi connectivity index (χ2v) is 6.23. The van der Waals surface area contributed by atoms with Gasteiger partial charge in [0, 0.05) is 31.7 Å². The van der Waals surface area contributed by atoms with Crippen molar-refractivity contribution in [3.63, 3.8) is 0 Å². The van der Waals surface area contributed by atoms with E-state index in [4.69, 9.17) is 0 Å². The quantitative estimate of drug-likeness (QED) is 0.893. The summed E-state index contributed by atoms with van der Waals surface area (Å²) in [5.41, 5.74) is 2.69. The number of nitrogens with zero attached hydrogens (tertiary/aromatic N) is 4. The molecule has 2 aliphatic rings. The summed E-state index contributed by atoms with van der Waals surface area (Å²) in [6.45, 7) is 5.81. The number of aromatic nitrogens is 3. The molecule has 6 nitrogen and oxygen atoms in total. The molecule has 2 aliphatic heterocycles. The Hall–Kier alpha value is -2.21. The number of nitrogens with one attached hydrogen (secondary N) is 1. The lowest BCUT2D eigenvalue weighted by atomic mass is 10.0. The van der Waals surface area contributed by atoms with Crippen LogP contribution in [0.25, 0.3) is 5.69 Å². The van der Waals surface area contributed by atoms with Crippen molar-refractivity contribution in [1.29, 1.82) is 0 Å². The molecule has 4 rings (SSSR count). The summed E-state index contributed by atoms with van der Waals surface area (Å²) in [4.78, 5) is 18.7. The first-order valence-electron chi connectivity index (χ1n) is 7.68. The van der Waals surface area contributed by atoms with Gasteiger partial charge in [-0.2, -0.15) is 5.10 Å². The van der Waals surface area contributed by atoms with Crippen molar-refractivity contribution in [1.82, 2.24) is 25.0 Å². The molecule has 2 aromatic rings. The number of likely N-dealkylation sites (tertiary alicyclic amines) is 1. The van der Waals surface area contributed by atoms with E-state index in [1.54, 1.807) is 11.0 Å². The molecule has 1 N–H and O–H groups in total. The van der Waals surface area contributed by atoms with Crippen molar-refractivity contribution in [2.75, 3.05) is 26.2 Å². The summed E-state index contributed by atoms with van der Waals surface area (Å²) in [7, 11) is 0. The minimum Gasteiger partial charge on any atom is -0.338 e. The third kappa shape index (κ3) is 2.20. The van der Waals surface area contributed by atoms with Crippen LogP contribution in [0.4, 0.5) is 0 Å². The number of rotatable bonds is 2. The van der Waals surface area contributed by atoms with Gasteiger partial charge in [0.1, 0.15) is 12.7 Å². The molecule has 3 heterocycles. The molecule has 0 saturated carbocycles. The summed E-state index contributed by atoms with van der Waals surface area (Å²) in [6, 6.07) is 5.81. The van der Waals surface area contributed by atoms with E-state index in [0.717, 1.165) is 43.0 Å². The summed E-state index contributed by atoms with van der Waals surface area (Å²) in [6.07, 6.45) is 3.16.